The van der Waals surface area contributed by atoms with E-state index >= 15 is 0 Å². The van der Waals surface area contributed by atoms with E-state index < -0.39 is 10.0 Å². The molecule has 0 atom stereocenters. The van der Waals surface area contributed by atoms with Crippen LogP contribution in [-0.4, -0.2) is 69.0 Å². The lowest BCUT2D eigenvalue weighted by atomic mass is 10.1. The molecule has 2 fully saturated rings. The number of hydrogen-bond donors (Lipinski definition) is 0. The Morgan fingerprint density at radius 2 is 1.67 bits per heavy atom. The number of morpholine rings is 1. The molecule has 2 aromatic carbocycles. The fourth-order valence-electron chi connectivity index (χ4n) is 3.39. The summed E-state index contributed by atoms with van der Waals surface area (Å²) in [6.45, 7) is 2.72. The molecule has 2 aliphatic rings. The van der Waals surface area contributed by atoms with Gasteiger partial charge in [-0.3, -0.25) is 4.79 Å². The topological polar surface area (TPSA) is 76.2 Å². The Bertz CT molecular complexity index is 983. The van der Waals surface area contributed by atoms with Gasteiger partial charge in [-0.15, -0.1) is 0 Å². The van der Waals surface area contributed by atoms with Crippen LogP contribution in [0.2, 0.25) is 0 Å². The van der Waals surface area contributed by atoms with Crippen LogP contribution in [0.3, 0.4) is 0 Å². The average molecular weight is 434 g/mol. The summed E-state index contributed by atoms with van der Waals surface area (Å²) < 4.78 is 50.6. The summed E-state index contributed by atoms with van der Waals surface area (Å²) in [7, 11) is -3.58. The van der Waals surface area contributed by atoms with E-state index in [2.05, 4.69) is 0 Å². The summed E-state index contributed by atoms with van der Waals surface area (Å²) in [6.07, 6.45) is -0.0695. The Morgan fingerprint density at radius 3 is 2.30 bits per heavy atom. The van der Waals surface area contributed by atoms with Crippen LogP contribution in [0.4, 0.5) is 4.39 Å². The molecule has 0 spiro atoms. The monoisotopic (exact) mass is 434 g/mol. The zero-order valence-corrected chi connectivity index (χ0v) is 17.2. The Balaban J connectivity index is 1.30. The van der Waals surface area contributed by atoms with Crippen molar-refractivity contribution in [3.63, 3.8) is 0 Å². The van der Waals surface area contributed by atoms with E-state index in [0.717, 1.165) is 5.56 Å². The lowest BCUT2D eigenvalue weighted by Gasteiger charge is -2.39. The van der Waals surface area contributed by atoms with Crippen molar-refractivity contribution >= 4 is 15.9 Å². The number of rotatable bonds is 6. The molecule has 4 rings (SSSR count). The highest BCUT2D eigenvalue weighted by Crippen LogP contribution is 2.21. The highest BCUT2D eigenvalue weighted by atomic mass is 32.2. The maximum Gasteiger partial charge on any atom is 0.254 e. The smallest absolute Gasteiger partial charge is 0.254 e. The standard InChI is InChI=1S/C21H23FN2O5S/c22-18-5-1-16(2-6-18)15-29-19-13-23(14-19)21(25)17-3-7-20(8-4-17)30(26,27)24-9-11-28-12-10-24/h1-8,19H,9-15H2. The highest BCUT2D eigenvalue weighted by Gasteiger charge is 2.32. The molecular weight excluding hydrogens is 411 g/mol. The average Bonchev–Trinajstić information content (AvgIpc) is 2.74. The number of halogens is 1. The molecule has 0 bridgehead atoms. The predicted molar refractivity (Wildman–Crippen MR) is 107 cm³/mol. The number of carbonyl (C=O) groups is 1. The van der Waals surface area contributed by atoms with E-state index in [9.17, 15) is 17.6 Å². The van der Waals surface area contributed by atoms with Crippen LogP contribution in [0.25, 0.3) is 0 Å². The molecule has 0 saturated carbocycles. The van der Waals surface area contributed by atoms with Crippen molar-refractivity contribution in [3.8, 4) is 0 Å². The first-order valence-electron chi connectivity index (χ1n) is 9.77. The number of amides is 1. The molecule has 9 heteroatoms. The highest BCUT2D eigenvalue weighted by molar-refractivity contribution is 7.89. The van der Waals surface area contributed by atoms with E-state index in [-0.39, 0.29) is 22.7 Å². The summed E-state index contributed by atoms with van der Waals surface area (Å²) in [6, 6.07) is 12.1. The second kappa shape index (κ2) is 8.81. The first-order valence-corrected chi connectivity index (χ1v) is 11.2. The van der Waals surface area contributed by atoms with Crippen LogP contribution in [0.5, 0.6) is 0 Å². The molecule has 160 valence electrons. The SMILES string of the molecule is O=C(c1ccc(S(=O)(=O)N2CCOCC2)cc1)N1CC(OCc2ccc(F)cc2)C1. The number of ether oxygens (including phenoxy) is 2. The van der Waals surface area contributed by atoms with Gasteiger partial charge >= 0.3 is 0 Å². The quantitative estimate of drug-likeness (QED) is 0.694. The number of nitrogens with zero attached hydrogens (tertiary/aromatic N) is 2. The van der Waals surface area contributed by atoms with Gasteiger partial charge < -0.3 is 14.4 Å². The van der Waals surface area contributed by atoms with E-state index in [1.165, 1.54) is 28.6 Å². The molecule has 7 nitrogen and oxygen atoms in total. The fraction of sp³-hybridized carbons (Fsp3) is 0.381. The minimum atomic E-state index is -3.58. The van der Waals surface area contributed by atoms with Crippen molar-refractivity contribution in [1.82, 2.24) is 9.21 Å². The van der Waals surface area contributed by atoms with E-state index in [0.29, 0.717) is 51.6 Å². The molecular formula is C21H23FN2O5S. The first-order chi connectivity index (χ1) is 14.4. The molecule has 0 aliphatic carbocycles. The molecule has 1 amide bonds. The van der Waals surface area contributed by atoms with Gasteiger partial charge in [0.25, 0.3) is 5.91 Å². The largest absolute Gasteiger partial charge is 0.379 e. The predicted octanol–water partition coefficient (Wildman–Crippen LogP) is 1.89. The summed E-state index contributed by atoms with van der Waals surface area (Å²) in [5.74, 6) is -0.449. The summed E-state index contributed by atoms with van der Waals surface area (Å²) in [5, 5.41) is 0. The maximum absolute atomic E-state index is 12.9. The number of benzene rings is 2. The Morgan fingerprint density at radius 1 is 1.03 bits per heavy atom. The van der Waals surface area contributed by atoms with Gasteiger partial charge in [-0.05, 0) is 42.0 Å². The third-order valence-electron chi connectivity index (χ3n) is 5.24. The van der Waals surface area contributed by atoms with E-state index in [4.69, 9.17) is 9.47 Å². The molecule has 2 heterocycles. The normalized spacial score (nSPS) is 18.2. The van der Waals surface area contributed by atoms with Crippen molar-refractivity contribution in [2.45, 2.75) is 17.6 Å². The Kier molecular flexibility index (Phi) is 6.14. The lowest BCUT2D eigenvalue weighted by Crippen LogP contribution is -2.54. The molecule has 0 unspecified atom stereocenters. The molecule has 2 aromatic rings. The van der Waals surface area contributed by atoms with Crippen molar-refractivity contribution in [2.75, 3.05) is 39.4 Å². The lowest BCUT2D eigenvalue weighted by molar-refractivity contribution is -0.0503. The summed E-state index contributed by atoms with van der Waals surface area (Å²) in [4.78, 5) is 14.4. The zero-order valence-electron chi connectivity index (χ0n) is 16.4. The minimum Gasteiger partial charge on any atom is -0.379 e. The van der Waals surface area contributed by atoms with Crippen molar-refractivity contribution in [3.05, 3.63) is 65.5 Å². The first kappa shape index (κ1) is 20.9. The van der Waals surface area contributed by atoms with Crippen molar-refractivity contribution < 1.29 is 27.1 Å². The second-order valence-electron chi connectivity index (χ2n) is 7.31. The van der Waals surface area contributed by atoms with Gasteiger partial charge in [-0.25, -0.2) is 12.8 Å². The Hall–Kier alpha value is -2.33. The minimum absolute atomic E-state index is 0.0695. The van der Waals surface area contributed by atoms with E-state index in [1.54, 1.807) is 29.2 Å². The molecule has 0 radical (unpaired) electrons. The van der Waals surface area contributed by atoms with Crippen molar-refractivity contribution in [2.24, 2.45) is 0 Å². The van der Waals surface area contributed by atoms with Gasteiger partial charge in [0, 0.05) is 31.7 Å². The fourth-order valence-corrected chi connectivity index (χ4v) is 4.80. The van der Waals surface area contributed by atoms with Crippen LogP contribution in [0, 0.1) is 5.82 Å². The van der Waals surface area contributed by atoms with Crippen LogP contribution in [-0.2, 0) is 26.1 Å². The number of sulfonamides is 1. The number of hydrogen-bond acceptors (Lipinski definition) is 5. The maximum atomic E-state index is 12.9. The third kappa shape index (κ3) is 4.54. The van der Waals surface area contributed by atoms with Gasteiger partial charge in [0.1, 0.15) is 5.82 Å². The van der Waals surface area contributed by atoms with Gasteiger partial charge in [-0.1, -0.05) is 12.1 Å². The number of likely N-dealkylation sites (tertiary alicyclic amines) is 1. The van der Waals surface area contributed by atoms with Crippen LogP contribution in [0.1, 0.15) is 15.9 Å². The van der Waals surface area contributed by atoms with Gasteiger partial charge in [0.2, 0.25) is 10.0 Å². The van der Waals surface area contributed by atoms with Gasteiger partial charge in [0.05, 0.1) is 30.8 Å². The van der Waals surface area contributed by atoms with E-state index in [1.807, 2.05) is 0 Å². The van der Waals surface area contributed by atoms with Crippen molar-refractivity contribution in [1.29, 1.82) is 0 Å². The molecule has 2 aliphatic heterocycles. The van der Waals surface area contributed by atoms with Crippen LogP contribution in [0.15, 0.2) is 53.4 Å². The molecule has 0 N–H and O–H groups in total. The molecule has 2 saturated heterocycles. The Labute approximate surface area is 175 Å². The third-order valence-corrected chi connectivity index (χ3v) is 7.16. The second-order valence-corrected chi connectivity index (χ2v) is 9.25. The summed E-state index contributed by atoms with van der Waals surface area (Å²) in [5.41, 5.74) is 1.31. The van der Waals surface area contributed by atoms with Gasteiger partial charge in [-0.2, -0.15) is 4.31 Å². The van der Waals surface area contributed by atoms with Crippen LogP contribution >= 0.6 is 0 Å². The van der Waals surface area contributed by atoms with Crippen LogP contribution < -0.4 is 0 Å². The summed E-state index contributed by atoms with van der Waals surface area (Å²) >= 11 is 0. The zero-order chi connectivity index (χ0) is 21.1. The van der Waals surface area contributed by atoms with Gasteiger partial charge in [0.15, 0.2) is 0 Å². The number of carbonyl (C=O) groups excluding carboxylic acids is 1. The molecule has 0 aromatic heterocycles. The molecule has 30 heavy (non-hydrogen) atoms.